The van der Waals surface area contributed by atoms with E-state index in [-0.39, 0.29) is 39.9 Å². The van der Waals surface area contributed by atoms with Crippen LogP contribution < -0.4 is 4.90 Å². The second kappa shape index (κ2) is 9.09. The maximum absolute atomic E-state index is 13.3. The Kier molecular flexibility index (Phi) is 6.65. The molecule has 2 aliphatic heterocycles. The van der Waals surface area contributed by atoms with Crippen molar-refractivity contribution in [3.63, 3.8) is 0 Å². The highest BCUT2D eigenvalue weighted by molar-refractivity contribution is 7.99. The number of amides is 1. The summed E-state index contributed by atoms with van der Waals surface area (Å²) in [5.41, 5.74) is 0.961. The molecule has 2 aromatic rings. The van der Waals surface area contributed by atoms with Crippen molar-refractivity contribution < 1.29 is 13.2 Å². The van der Waals surface area contributed by atoms with E-state index in [1.807, 2.05) is 29.2 Å². The minimum Gasteiger partial charge on any atom is -0.311 e. The number of carbonyl (C=O) groups excluding carboxylic acids is 1. The number of para-hydroxylation sites is 1. The van der Waals surface area contributed by atoms with E-state index in [0.29, 0.717) is 19.4 Å². The van der Waals surface area contributed by atoms with Crippen molar-refractivity contribution in [2.75, 3.05) is 30.3 Å². The number of anilines is 1. The van der Waals surface area contributed by atoms with Gasteiger partial charge in [0.05, 0.1) is 15.7 Å². The van der Waals surface area contributed by atoms with E-state index in [4.69, 9.17) is 23.2 Å². The molecule has 0 N–H and O–H groups in total. The van der Waals surface area contributed by atoms with Crippen molar-refractivity contribution in [2.45, 2.75) is 29.1 Å². The molecule has 2 aliphatic rings. The lowest BCUT2D eigenvalue weighted by Crippen LogP contribution is -2.44. The van der Waals surface area contributed by atoms with Crippen LogP contribution in [0.3, 0.4) is 0 Å². The standard InChI is InChI=1S/C21H22Cl2N2O3S2/c22-16-5-3-6-17(23)20(16)30(27,28)24-12-9-15(10-13-24)21(26)25-11-4-14-29-19-8-2-1-7-18(19)25/h1-3,5-8,15H,4,9-14H2. The van der Waals surface area contributed by atoms with Crippen LogP contribution in [0.15, 0.2) is 52.3 Å². The van der Waals surface area contributed by atoms with Crippen LogP contribution in [0.1, 0.15) is 19.3 Å². The Bertz CT molecular complexity index is 1030. The molecule has 30 heavy (non-hydrogen) atoms. The lowest BCUT2D eigenvalue weighted by molar-refractivity contribution is -0.123. The van der Waals surface area contributed by atoms with Gasteiger partial charge in [-0.25, -0.2) is 8.42 Å². The molecule has 160 valence electrons. The SMILES string of the molecule is O=C(C1CCN(S(=O)(=O)c2c(Cl)cccc2Cl)CC1)N1CCCSc2ccccc21. The first-order valence-electron chi connectivity index (χ1n) is 9.87. The Morgan fingerprint density at radius 2 is 1.63 bits per heavy atom. The molecule has 0 bridgehead atoms. The van der Waals surface area contributed by atoms with E-state index >= 15 is 0 Å². The van der Waals surface area contributed by atoms with Gasteiger partial charge >= 0.3 is 0 Å². The first-order chi connectivity index (χ1) is 14.4. The second-order valence-corrected chi connectivity index (χ2v) is 11.2. The summed E-state index contributed by atoms with van der Waals surface area (Å²) in [5, 5.41) is 0.221. The normalized spacial score (nSPS) is 18.7. The number of carbonyl (C=O) groups is 1. The highest BCUT2D eigenvalue weighted by atomic mass is 35.5. The van der Waals surface area contributed by atoms with Crippen molar-refractivity contribution in [3.8, 4) is 0 Å². The first kappa shape index (κ1) is 22.0. The summed E-state index contributed by atoms with van der Waals surface area (Å²) in [6.07, 6.45) is 1.89. The van der Waals surface area contributed by atoms with Gasteiger partial charge in [0.1, 0.15) is 4.90 Å². The van der Waals surface area contributed by atoms with Crippen LogP contribution in [0.4, 0.5) is 5.69 Å². The van der Waals surface area contributed by atoms with E-state index in [1.165, 1.54) is 16.4 Å². The average Bonchev–Trinajstić information content (AvgIpc) is 2.95. The molecule has 0 aliphatic carbocycles. The Morgan fingerprint density at radius 3 is 2.33 bits per heavy atom. The third-order valence-corrected chi connectivity index (χ3v) is 9.53. The quantitative estimate of drug-likeness (QED) is 0.619. The fraction of sp³-hybridized carbons (Fsp3) is 0.381. The number of thioether (sulfide) groups is 1. The molecule has 0 aromatic heterocycles. The first-order valence-corrected chi connectivity index (χ1v) is 13.0. The summed E-state index contributed by atoms with van der Waals surface area (Å²) < 4.78 is 27.5. The number of sulfonamides is 1. The Hall–Kier alpha value is -1.25. The molecule has 1 amide bonds. The molecular weight excluding hydrogens is 463 g/mol. The number of benzene rings is 2. The Morgan fingerprint density at radius 1 is 0.967 bits per heavy atom. The highest BCUT2D eigenvalue weighted by Gasteiger charge is 2.36. The fourth-order valence-corrected chi connectivity index (χ4v) is 7.53. The van der Waals surface area contributed by atoms with Gasteiger partial charge in [0, 0.05) is 30.4 Å². The number of halogens is 2. The molecule has 4 rings (SSSR count). The number of fused-ring (bicyclic) bond motifs is 1. The van der Waals surface area contributed by atoms with Crippen LogP contribution in [-0.4, -0.2) is 44.0 Å². The molecule has 2 heterocycles. The highest BCUT2D eigenvalue weighted by Crippen LogP contribution is 2.37. The van der Waals surface area contributed by atoms with Crippen LogP contribution in [0.2, 0.25) is 10.0 Å². The Labute approximate surface area is 191 Å². The fourth-order valence-electron chi connectivity index (χ4n) is 3.98. The lowest BCUT2D eigenvalue weighted by atomic mass is 9.96. The number of piperidine rings is 1. The van der Waals surface area contributed by atoms with Crippen molar-refractivity contribution in [1.29, 1.82) is 0 Å². The van der Waals surface area contributed by atoms with Crippen molar-refractivity contribution >= 4 is 56.6 Å². The van der Waals surface area contributed by atoms with Crippen LogP contribution in [0.25, 0.3) is 0 Å². The minimum absolute atomic E-state index is 0.0587. The summed E-state index contributed by atoms with van der Waals surface area (Å²) in [4.78, 5) is 16.3. The number of nitrogens with zero attached hydrogens (tertiary/aromatic N) is 2. The zero-order valence-electron chi connectivity index (χ0n) is 16.3. The summed E-state index contributed by atoms with van der Waals surface area (Å²) in [6.45, 7) is 1.23. The monoisotopic (exact) mass is 484 g/mol. The van der Waals surface area contributed by atoms with E-state index in [2.05, 4.69) is 0 Å². The number of hydrogen-bond donors (Lipinski definition) is 0. The summed E-state index contributed by atoms with van der Waals surface area (Å²) in [5.74, 6) is 0.864. The molecule has 0 spiro atoms. The summed E-state index contributed by atoms with van der Waals surface area (Å²) in [6, 6.07) is 12.6. The van der Waals surface area contributed by atoms with Gasteiger partial charge in [-0.1, -0.05) is 41.4 Å². The summed E-state index contributed by atoms with van der Waals surface area (Å²) >= 11 is 14.0. The molecule has 0 saturated carbocycles. The van der Waals surface area contributed by atoms with Gasteiger partial charge in [-0.05, 0) is 49.3 Å². The Balaban J connectivity index is 1.49. The maximum Gasteiger partial charge on any atom is 0.246 e. The summed E-state index contributed by atoms with van der Waals surface area (Å²) in [7, 11) is -3.81. The van der Waals surface area contributed by atoms with Crippen LogP contribution in [0.5, 0.6) is 0 Å². The maximum atomic E-state index is 13.3. The van der Waals surface area contributed by atoms with Gasteiger partial charge in [-0.3, -0.25) is 4.79 Å². The molecule has 0 atom stereocenters. The van der Waals surface area contributed by atoms with Crippen molar-refractivity contribution in [2.24, 2.45) is 5.92 Å². The predicted molar refractivity (Wildman–Crippen MR) is 122 cm³/mol. The molecule has 5 nitrogen and oxygen atoms in total. The van der Waals surface area contributed by atoms with Gasteiger partial charge in [0.15, 0.2) is 0 Å². The predicted octanol–water partition coefficient (Wildman–Crippen LogP) is 4.92. The minimum atomic E-state index is -3.81. The topological polar surface area (TPSA) is 57.7 Å². The molecule has 0 unspecified atom stereocenters. The third-order valence-electron chi connectivity index (χ3n) is 5.53. The smallest absolute Gasteiger partial charge is 0.246 e. The van der Waals surface area contributed by atoms with Gasteiger partial charge in [-0.15, -0.1) is 11.8 Å². The van der Waals surface area contributed by atoms with Crippen LogP contribution >= 0.6 is 35.0 Å². The van der Waals surface area contributed by atoms with E-state index in [1.54, 1.807) is 17.8 Å². The molecule has 9 heteroatoms. The lowest BCUT2D eigenvalue weighted by Gasteiger charge is -2.34. The van der Waals surface area contributed by atoms with Crippen LogP contribution in [-0.2, 0) is 14.8 Å². The zero-order chi connectivity index (χ0) is 21.3. The molecule has 0 radical (unpaired) electrons. The average molecular weight is 485 g/mol. The zero-order valence-corrected chi connectivity index (χ0v) is 19.4. The number of rotatable bonds is 3. The van der Waals surface area contributed by atoms with Crippen LogP contribution in [0, 0.1) is 5.92 Å². The number of hydrogen-bond acceptors (Lipinski definition) is 4. The van der Waals surface area contributed by atoms with E-state index in [9.17, 15) is 13.2 Å². The molecule has 1 saturated heterocycles. The van der Waals surface area contributed by atoms with Gasteiger partial charge in [0.2, 0.25) is 15.9 Å². The van der Waals surface area contributed by atoms with Gasteiger partial charge in [-0.2, -0.15) is 4.31 Å². The van der Waals surface area contributed by atoms with E-state index in [0.717, 1.165) is 22.8 Å². The molecule has 1 fully saturated rings. The third kappa shape index (κ3) is 4.23. The molecular formula is C21H22Cl2N2O3S2. The largest absolute Gasteiger partial charge is 0.311 e. The van der Waals surface area contributed by atoms with E-state index < -0.39 is 10.0 Å². The second-order valence-electron chi connectivity index (χ2n) is 7.39. The van der Waals surface area contributed by atoms with Gasteiger partial charge in [0.25, 0.3) is 0 Å². The van der Waals surface area contributed by atoms with Crippen molar-refractivity contribution in [1.82, 2.24) is 4.31 Å². The van der Waals surface area contributed by atoms with Crippen molar-refractivity contribution in [3.05, 3.63) is 52.5 Å². The molecule has 2 aromatic carbocycles. The van der Waals surface area contributed by atoms with Gasteiger partial charge < -0.3 is 4.90 Å².